The Morgan fingerprint density at radius 1 is 1.36 bits per heavy atom. The third-order valence-corrected chi connectivity index (χ3v) is 2.75. The van der Waals surface area contributed by atoms with Gasteiger partial charge in [-0.25, -0.2) is 0 Å². The van der Waals surface area contributed by atoms with Gasteiger partial charge in [-0.05, 0) is 18.2 Å². The SMILES string of the molecule is CC(=O)NCCC(=O)OCC(=O)Nc1ccc(C#N)c(Cl)c1. The molecule has 0 aliphatic carbocycles. The summed E-state index contributed by atoms with van der Waals surface area (Å²) in [5.74, 6) is -1.38. The Bertz CT molecular complexity index is 625. The maximum Gasteiger partial charge on any atom is 0.308 e. The van der Waals surface area contributed by atoms with Crippen LogP contribution in [0.2, 0.25) is 5.02 Å². The van der Waals surface area contributed by atoms with Crippen LogP contribution in [-0.2, 0) is 19.1 Å². The second-order valence-corrected chi connectivity index (χ2v) is 4.66. The molecule has 0 aliphatic rings. The molecule has 2 N–H and O–H groups in total. The summed E-state index contributed by atoms with van der Waals surface area (Å²) < 4.78 is 4.75. The molecular weight excluding hydrogens is 310 g/mol. The summed E-state index contributed by atoms with van der Waals surface area (Å²) in [5.41, 5.74) is 0.687. The monoisotopic (exact) mass is 323 g/mol. The molecule has 22 heavy (non-hydrogen) atoms. The van der Waals surface area contributed by atoms with Gasteiger partial charge in [0.25, 0.3) is 5.91 Å². The van der Waals surface area contributed by atoms with E-state index in [-0.39, 0.29) is 23.9 Å². The lowest BCUT2D eigenvalue weighted by molar-refractivity contribution is -0.147. The Balaban J connectivity index is 2.37. The Kier molecular flexibility index (Phi) is 6.86. The van der Waals surface area contributed by atoms with Crippen LogP contribution in [0.1, 0.15) is 18.9 Å². The van der Waals surface area contributed by atoms with Crippen LogP contribution in [0, 0.1) is 11.3 Å². The van der Waals surface area contributed by atoms with Crippen molar-refractivity contribution < 1.29 is 19.1 Å². The van der Waals surface area contributed by atoms with Gasteiger partial charge in [0, 0.05) is 19.2 Å². The minimum absolute atomic E-state index is 0.0183. The van der Waals surface area contributed by atoms with Gasteiger partial charge in [-0.3, -0.25) is 14.4 Å². The van der Waals surface area contributed by atoms with Crippen molar-refractivity contribution in [2.24, 2.45) is 0 Å². The smallest absolute Gasteiger partial charge is 0.308 e. The van der Waals surface area contributed by atoms with Gasteiger partial charge < -0.3 is 15.4 Å². The molecule has 0 unspecified atom stereocenters. The molecule has 2 amide bonds. The van der Waals surface area contributed by atoms with E-state index in [0.717, 1.165) is 0 Å². The second-order valence-electron chi connectivity index (χ2n) is 4.25. The van der Waals surface area contributed by atoms with Gasteiger partial charge >= 0.3 is 5.97 Å². The van der Waals surface area contributed by atoms with E-state index in [0.29, 0.717) is 11.3 Å². The lowest BCUT2D eigenvalue weighted by Crippen LogP contribution is -2.25. The highest BCUT2D eigenvalue weighted by Crippen LogP contribution is 2.20. The van der Waals surface area contributed by atoms with Gasteiger partial charge in [-0.1, -0.05) is 11.6 Å². The molecule has 0 bridgehead atoms. The van der Waals surface area contributed by atoms with Crippen LogP contribution in [0.5, 0.6) is 0 Å². The summed E-state index contributed by atoms with van der Waals surface area (Å²) >= 11 is 5.83. The first kappa shape index (κ1) is 17.5. The molecule has 0 radical (unpaired) electrons. The lowest BCUT2D eigenvalue weighted by Gasteiger charge is -2.07. The third-order valence-electron chi connectivity index (χ3n) is 2.44. The van der Waals surface area contributed by atoms with Crippen molar-refractivity contribution in [2.75, 3.05) is 18.5 Å². The van der Waals surface area contributed by atoms with E-state index in [2.05, 4.69) is 10.6 Å². The summed E-state index contributed by atoms with van der Waals surface area (Å²) in [4.78, 5) is 33.5. The third kappa shape index (κ3) is 6.24. The number of esters is 1. The molecule has 0 saturated carbocycles. The minimum Gasteiger partial charge on any atom is -0.456 e. The van der Waals surface area contributed by atoms with Crippen molar-refractivity contribution in [2.45, 2.75) is 13.3 Å². The van der Waals surface area contributed by atoms with Crippen LogP contribution in [0.4, 0.5) is 5.69 Å². The Morgan fingerprint density at radius 2 is 2.09 bits per heavy atom. The molecular formula is C14H14ClN3O4. The number of benzene rings is 1. The number of hydrogen-bond acceptors (Lipinski definition) is 5. The first-order chi connectivity index (χ1) is 10.4. The Morgan fingerprint density at radius 3 is 2.68 bits per heavy atom. The largest absolute Gasteiger partial charge is 0.456 e. The zero-order chi connectivity index (χ0) is 16.5. The van der Waals surface area contributed by atoms with Crippen molar-refractivity contribution in [1.29, 1.82) is 5.26 Å². The number of rotatable bonds is 6. The fourth-order valence-electron chi connectivity index (χ4n) is 1.44. The molecule has 0 saturated heterocycles. The highest BCUT2D eigenvalue weighted by Gasteiger charge is 2.09. The first-order valence-electron chi connectivity index (χ1n) is 6.32. The summed E-state index contributed by atoms with van der Waals surface area (Å²) in [5, 5.41) is 13.9. The molecule has 7 nitrogen and oxygen atoms in total. The Labute approximate surface area is 132 Å². The maximum absolute atomic E-state index is 11.6. The molecule has 0 aromatic heterocycles. The molecule has 0 spiro atoms. The summed E-state index contributed by atoms with van der Waals surface area (Å²) in [7, 11) is 0. The van der Waals surface area contributed by atoms with Crippen molar-refractivity contribution >= 4 is 35.1 Å². The predicted octanol–water partition coefficient (Wildman–Crippen LogP) is 1.22. The first-order valence-corrected chi connectivity index (χ1v) is 6.69. The number of ether oxygens (including phenoxy) is 1. The van der Waals surface area contributed by atoms with E-state index in [1.165, 1.54) is 25.1 Å². The lowest BCUT2D eigenvalue weighted by atomic mass is 10.2. The zero-order valence-electron chi connectivity index (χ0n) is 11.8. The van der Waals surface area contributed by atoms with Crippen molar-refractivity contribution in [1.82, 2.24) is 5.32 Å². The van der Waals surface area contributed by atoms with E-state index in [1.807, 2.05) is 6.07 Å². The summed E-state index contributed by atoms with van der Waals surface area (Å²) in [6.07, 6.45) is -0.0183. The van der Waals surface area contributed by atoms with Crippen LogP contribution in [0.15, 0.2) is 18.2 Å². The number of hydrogen-bond donors (Lipinski definition) is 2. The molecule has 0 atom stereocenters. The zero-order valence-corrected chi connectivity index (χ0v) is 12.6. The molecule has 0 fully saturated rings. The average Bonchev–Trinajstić information content (AvgIpc) is 2.45. The molecule has 0 aliphatic heterocycles. The van der Waals surface area contributed by atoms with Crippen LogP contribution < -0.4 is 10.6 Å². The van der Waals surface area contributed by atoms with E-state index < -0.39 is 18.5 Å². The van der Waals surface area contributed by atoms with Crippen molar-refractivity contribution in [3.8, 4) is 6.07 Å². The van der Waals surface area contributed by atoms with Gasteiger partial charge in [0.15, 0.2) is 6.61 Å². The van der Waals surface area contributed by atoms with Gasteiger partial charge in [0.2, 0.25) is 5.91 Å². The van der Waals surface area contributed by atoms with Gasteiger partial charge in [-0.2, -0.15) is 5.26 Å². The summed E-state index contributed by atoms with van der Waals surface area (Å²) in [6, 6.07) is 6.31. The van der Waals surface area contributed by atoms with Crippen molar-refractivity contribution in [3.63, 3.8) is 0 Å². The second kappa shape index (κ2) is 8.64. The molecule has 0 heterocycles. The number of anilines is 1. The van der Waals surface area contributed by atoms with E-state index in [9.17, 15) is 14.4 Å². The number of carbonyl (C=O) groups excluding carboxylic acids is 3. The van der Waals surface area contributed by atoms with Crippen LogP contribution in [0.25, 0.3) is 0 Å². The number of nitrogens with one attached hydrogen (secondary N) is 2. The highest BCUT2D eigenvalue weighted by molar-refractivity contribution is 6.32. The fourth-order valence-corrected chi connectivity index (χ4v) is 1.66. The Hall–Kier alpha value is -2.59. The van der Waals surface area contributed by atoms with Gasteiger partial charge in [-0.15, -0.1) is 0 Å². The molecule has 116 valence electrons. The highest BCUT2D eigenvalue weighted by atomic mass is 35.5. The molecule has 1 rings (SSSR count). The van der Waals surface area contributed by atoms with E-state index >= 15 is 0 Å². The standard InChI is InChI=1S/C14H14ClN3O4/c1-9(19)17-5-4-14(21)22-8-13(20)18-11-3-2-10(7-16)12(15)6-11/h2-3,6H,4-5,8H2,1H3,(H,17,19)(H,18,20). The normalized spacial score (nSPS) is 9.50. The molecule has 1 aromatic rings. The van der Waals surface area contributed by atoms with Gasteiger partial charge in [0.05, 0.1) is 17.0 Å². The molecule has 8 heteroatoms. The van der Waals surface area contributed by atoms with Crippen LogP contribution >= 0.6 is 11.6 Å². The van der Waals surface area contributed by atoms with Crippen LogP contribution in [0.3, 0.4) is 0 Å². The summed E-state index contributed by atoms with van der Waals surface area (Å²) in [6.45, 7) is 1.04. The quantitative estimate of drug-likeness (QED) is 0.765. The maximum atomic E-state index is 11.6. The molecule has 1 aromatic carbocycles. The predicted molar refractivity (Wildman–Crippen MR) is 79.1 cm³/mol. The van der Waals surface area contributed by atoms with Crippen LogP contribution in [-0.4, -0.2) is 30.9 Å². The van der Waals surface area contributed by atoms with Crippen molar-refractivity contribution in [3.05, 3.63) is 28.8 Å². The number of nitriles is 1. The number of amides is 2. The fraction of sp³-hybridized carbons (Fsp3) is 0.286. The number of nitrogens with zero attached hydrogens (tertiary/aromatic N) is 1. The van der Waals surface area contributed by atoms with Gasteiger partial charge in [0.1, 0.15) is 6.07 Å². The van der Waals surface area contributed by atoms with E-state index in [4.69, 9.17) is 21.6 Å². The topological polar surface area (TPSA) is 108 Å². The number of carbonyl (C=O) groups is 3. The minimum atomic E-state index is -0.596. The van der Waals surface area contributed by atoms with E-state index in [1.54, 1.807) is 0 Å². The average molecular weight is 324 g/mol. The number of halogens is 1.